The molecule has 1 heterocycles. The Morgan fingerprint density at radius 1 is 1.30 bits per heavy atom. The molecule has 4 nitrogen and oxygen atoms in total. The van der Waals surface area contributed by atoms with Gasteiger partial charge < -0.3 is 10.1 Å². The molecule has 0 aliphatic heterocycles. The maximum atomic E-state index is 12.0. The summed E-state index contributed by atoms with van der Waals surface area (Å²) in [5.41, 5.74) is 1.03. The second-order valence-corrected chi connectivity index (χ2v) is 4.59. The number of rotatable bonds is 5. The van der Waals surface area contributed by atoms with Gasteiger partial charge in [0.2, 0.25) is 0 Å². The van der Waals surface area contributed by atoms with Crippen LogP contribution in [0.2, 0.25) is 5.02 Å². The highest BCUT2D eigenvalue weighted by atomic mass is 35.5. The number of ether oxygens (including phenoxy) is 1. The van der Waals surface area contributed by atoms with E-state index in [2.05, 4.69) is 10.3 Å². The first-order valence-corrected chi connectivity index (χ1v) is 6.72. The molecule has 2 aromatic rings. The summed E-state index contributed by atoms with van der Waals surface area (Å²) in [5, 5.41) is 3.14. The van der Waals surface area contributed by atoms with Gasteiger partial charge in [0.05, 0.1) is 17.2 Å². The number of hydrogen-bond acceptors (Lipinski definition) is 3. The van der Waals surface area contributed by atoms with Crippen molar-refractivity contribution >= 4 is 23.2 Å². The van der Waals surface area contributed by atoms with Gasteiger partial charge in [0.25, 0.3) is 5.91 Å². The summed E-state index contributed by atoms with van der Waals surface area (Å²) in [6, 6.07) is 8.78. The normalized spacial score (nSPS) is 10.1. The Balaban J connectivity index is 2.03. The lowest BCUT2D eigenvalue weighted by Gasteiger charge is -2.08. The Kier molecular flexibility index (Phi) is 4.96. The highest BCUT2D eigenvalue weighted by Gasteiger charge is 2.10. The number of nitrogens with zero attached hydrogens (tertiary/aromatic N) is 1. The van der Waals surface area contributed by atoms with Gasteiger partial charge in [-0.15, -0.1) is 0 Å². The van der Waals surface area contributed by atoms with Crippen LogP contribution in [-0.2, 0) is 0 Å². The van der Waals surface area contributed by atoms with Gasteiger partial charge in [-0.05, 0) is 36.8 Å². The van der Waals surface area contributed by atoms with Crippen molar-refractivity contribution in [2.75, 3.05) is 11.9 Å². The highest BCUT2D eigenvalue weighted by molar-refractivity contribution is 6.34. The minimum Gasteiger partial charge on any atom is -0.494 e. The van der Waals surface area contributed by atoms with Crippen LogP contribution in [0.3, 0.4) is 0 Å². The fraction of sp³-hybridized carbons (Fsp3) is 0.200. The topological polar surface area (TPSA) is 51.2 Å². The van der Waals surface area contributed by atoms with Crippen LogP contribution in [-0.4, -0.2) is 17.5 Å². The predicted molar refractivity (Wildman–Crippen MR) is 79.4 cm³/mol. The predicted octanol–water partition coefficient (Wildman–Crippen LogP) is 3.78. The molecular weight excluding hydrogens is 276 g/mol. The lowest BCUT2D eigenvalue weighted by atomic mass is 10.2. The number of pyridine rings is 1. The number of halogens is 1. The molecule has 5 heteroatoms. The van der Waals surface area contributed by atoms with Gasteiger partial charge >= 0.3 is 0 Å². The van der Waals surface area contributed by atoms with Crippen LogP contribution in [0, 0.1) is 0 Å². The van der Waals surface area contributed by atoms with Crippen molar-refractivity contribution in [3.05, 3.63) is 53.3 Å². The Morgan fingerprint density at radius 3 is 2.70 bits per heavy atom. The fourth-order valence-corrected chi connectivity index (χ4v) is 1.79. The van der Waals surface area contributed by atoms with Crippen LogP contribution in [0.4, 0.5) is 5.69 Å². The first-order chi connectivity index (χ1) is 9.70. The third-order valence-electron chi connectivity index (χ3n) is 2.60. The molecule has 0 aliphatic carbocycles. The summed E-state index contributed by atoms with van der Waals surface area (Å²) in [4.78, 5) is 15.9. The Bertz CT molecular complexity index is 585. The molecular formula is C15H15ClN2O2. The Morgan fingerprint density at radius 2 is 2.05 bits per heavy atom. The van der Waals surface area contributed by atoms with Crippen molar-refractivity contribution in [1.82, 2.24) is 4.98 Å². The number of carbonyl (C=O) groups excluding carboxylic acids is 1. The van der Waals surface area contributed by atoms with E-state index in [0.29, 0.717) is 22.9 Å². The van der Waals surface area contributed by atoms with E-state index in [0.717, 1.165) is 12.2 Å². The summed E-state index contributed by atoms with van der Waals surface area (Å²) in [6.45, 7) is 2.73. The zero-order valence-corrected chi connectivity index (χ0v) is 11.9. The van der Waals surface area contributed by atoms with E-state index < -0.39 is 0 Å². The summed E-state index contributed by atoms with van der Waals surface area (Å²) in [5.74, 6) is 0.495. The lowest BCUT2D eigenvalue weighted by Crippen LogP contribution is -2.12. The van der Waals surface area contributed by atoms with Gasteiger partial charge in [0.15, 0.2) is 0 Å². The van der Waals surface area contributed by atoms with Gasteiger partial charge in [-0.1, -0.05) is 18.5 Å². The van der Waals surface area contributed by atoms with E-state index in [1.54, 1.807) is 24.4 Å². The zero-order valence-electron chi connectivity index (χ0n) is 11.1. The average molecular weight is 291 g/mol. The average Bonchev–Trinajstić information content (AvgIpc) is 2.47. The molecule has 2 rings (SSSR count). The number of carbonyl (C=O) groups is 1. The Hall–Kier alpha value is -2.07. The minimum atomic E-state index is -0.287. The monoisotopic (exact) mass is 290 g/mol. The molecule has 0 saturated heterocycles. The summed E-state index contributed by atoms with van der Waals surface area (Å²) < 4.78 is 5.48. The van der Waals surface area contributed by atoms with Crippen molar-refractivity contribution in [2.45, 2.75) is 13.3 Å². The number of amides is 1. The number of anilines is 1. The van der Waals surface area contributed by atoms with Crippen molar-refractivity contribution in [1.29, 1.82) is 0 Å². The molecule has 1 aromatic heterocycles. The van der Waals surface area contributed by atoms with Crippen molar-refractivity contribution in [3.63, 3.8) is 0 Å². The van der Waals surface area contributed by atoms with Crippen molar-refractivity contribution < 1.29 is 9.53 Å². The standard InChI is InChI=1S/C15H15ClN2O2/c1-2-9-20-12-5-3-11(4-6-12)18-15(19)13-10-17-8-7-14(13)16/h3-8,10H,2,9H2,1H3,(H,18,19). The molecule has 0 bridgehead atoms. The van der Waals surface area contributed by atoms with Gasteiger partial charge in [0, 0.05) is 18.1 Å². The first kappa shape index (κ1) is 14.3. The second-order valence-electron chi connectivity index (χ2n) is 4.18. The minimum absolute atomic E-state index is 0.287. The molecule has 1 aromatic carbocycles. The van der Waals surface area contributed by atoms with Gasteiger partial charge in [-0.25, -0.2) is 0 Å². The summed E-state index contributed by atoms with van der Waals surface area (Å²) >= 11 is 5.95. The third-order valence-corrected chi connectivity index (χ3v) is 2.93. The van der Waals surface area contributed by atoms with Crippen LogP contribution in [0.25, 0.3) is 0 Å². The van der Waals surface area contributed by atoms with Crippen LogP contribution in [0.1, 0.15) is 23.7 Å². The fourth-order valence-electron chi connectivity index (χ4n) is 1.60. The maximum absolute atomic E-state index is 12.0. The number of aromatic nitrogens is 1. The second kappa shape index (κ2) is 6.91. The lowest BCUT2D eigenvalue weighted by molar-refractivity contribution is 0.102. The van der Waals surface area contributed by atoms with E-state index in [9.17, 15) is 4.79 Å². The van der Waals surface area contributed by atoms with Gasteiger partial charge in [0.1, 0.15) is 5.75 Å². The van der Waals surface area contributed by atoms with Gasteiger partial charge in [-0.2, -0.15) is 0 Å². The summed E-state index contributed by atoms with van der Waals surface area (Å²) in [6.07, 6.45) is 3.94. The zero-order chi connectivity index (χ0) is 14.4. The molecule has 0 unspecified atom stereocenters. The highest BCUT2D eigenvalue weighted by Crippen LogP contribution is 2.19. The molecule has 0 radical (unpaired) electrons. The van der Waals surface area contributed by atoms with E-state index in [4.69, 9.17) is 16.3 Å². The van der Waals surface area contributed by atoms with Crippen LogP contribution in [0.15, 0.2) is 42.7 Å². The van der Waals surface area contributed by atoms with Crippen LogP contribution < -0.4 is 10.1 Å². The molecule has 104 valence electrons. The number of nitrogens with one attached hydrogen (secondary N) is 1. The molecule has 0 aliphatic rings. The summed E-state index contributed by atoms with van der Waals surface area (Å²) in [7, 11) is 0. The van der Waals surface area contributed by atoms with E-state index in [1.165, 1.54) is 6.20 Å². The van der Waals surface area contributed by atoms with Crippen molar-refractivity contribution in [3.8, 4) is 5.75 Å². The van der Waals surface area contributed by atoms with Crippen LogP contribution in [0.5, 0.6) is 5.75 Å². The largest absolute Gasteiger partial charge is 0.494 e. The molecule has 0 fully saturated rings. The number of hydrogen-bond donors (Lipinski definition) is 1. The van der Waals surface area contributed by atoms with E-state index >= 15 is 0 Å². The quantitative estimate of drug-likeness (QED) is 0.912. The van der Waals surface area contributed by atoms with Gasteiger partial charge in [-0.3, -0.25) is 9.78 Å². The smallest absolute Gasteiger partial charge is 0.258 e. The maximum Gasteiger partial charge on any atom is 0.258 e. The van der Waals surface area contributed by atoms with E-state index in [1.807, 2.05) is 19.1 Å². The SMILES string of the molecule is CCCOc1ccc(NC(=O)c2cnccc2Cl)cc1. The van der Waals surface area contributed by atoms with Crippen molar-refractivity contribution in [2.24, 2.45) is 0 Å². The third kappa shape index (κ3) is 3.71. The van der Waals surface area contributed by atoms with Crippen LogP contribution >= 0.6 is 11.6 Å². The molecule has 20 heavy (non-hydrogen) atoms. The molecule has 1 amide bonds. The molecule has 0 spiro atoms. The molecule has 1 N–H and O–H groups in total. The molecule has 0 atom stereocenters. The molecule has 0 saturated carbocycles. The first-order valence-electron chi connectivity index (χ1n) is 6.34. The van der Waals surface area contributed by atoms with E-state index in [-0.39, 0.29) is 5.91 Å². The Labute approximate surface area is 122 Å². The number of benzene rings is 1.